The topological polar surface area (TPSA) is 63.3 Å². The molecule has 1 atom stereocenters. The van der Waals surface area contributed by atoms with Crippen LogP contribution >= 0.6 is 11.3 Å². The van der Waals surface area contributed by atoms with Crippen LogP contribution in [0.25, 0.3) is 10.2 Å². The van der Waals surface area contributed by atoms with E-state index in [0.717, 1.165) is 40.6 Å². The fraction of sp³-hybridized carbons (Fsp3) is 0.708. The minimum absolute atomic E-state index is 0.342. The fourth-order valence-corrected chi connectivity index (χ4v) is 4.83. The molecule has 1 heterocycles. The quantitative estimate of drug-likeness (QED) is 0.372. The molecule has 30 heavy (non-hydrogen) atoms. The Bertz CT molecular complexity index is 788. The van der Waals surface area contributed by atoms with E-state index in [1.807, 2.05) is 12.1 Å². The molecule has 0 amide bonds. The smallest absolute Gasteiger partial charge is 0.186 e. The number of ether oxygens (including phenoxy) is 1. The van der Waals surface area contributed by atoms with Gasteiger partial charge < -0.3 is 9.64 Å². The van der Waals surface area contributed by atoms with E-state index >= 15 is 0 Å². The van der Waals surface area contributed by atoms with Gasteiger partial charge in [0.2, 0.25) is 0 Å². The van der Waals surface area contributed by atoms with E-state index in [1.165, 1.54) is 32.1 Å². The Hall–Kier alpha value is -1.69. The first kappa shape index (κ1) is 24.6. The molecule has 2 rings (SSSR count). The second-order valence-corrected chi connectivity index (χ2v) is 10.6. The lowest BCUT2D eigenvalue weighted by atomic mass is 9.84. The summed E-state index contributed by atoms with van der Waals surface area (Å²) >= 11 is 1.72. The lowest BCUT2D eigenvalue weighted by Crippen LogP contribution is -2.25. The highest BCUT2D eigenvalue weighted by Crippen LogP contribution is 2.37. The number of thiazole rings is 1. The van der Waals surface area contributed by atoms with Gasteiger partial charge in [-0.15, -0.1) is 0 Å². The molecular weight excluding hydrogens is 392 g/mol. The Morgan fingerprint density at radius 2 is 1.83 bits per heavy atom. The van der Waals surface area contributed by atoms with Crippen LogP contribution in [0.2, 0.25) is 0 Å². The third-order valence-corrected chi connectivity index (χ3v) is 6.34. The molecule has 2 aromatic rings. The molecule has 0 aliphatic rings. The normalized spacial score (nSPS) is 12.9. The number of hydrogen-bond acceptors (Lipinski definition) is 5. The highest BCUT2D eigenvalue weighted by atomic mass is 32.1. The Morgan fingerprint density at radius 1 is 1.17 bits per heavy atom. The standard InChI is InChI=1S/C24H40N4OS/c1-7-9-12-28(13-10-8-2)23-26-20-15-21(19(27-25)16-22(20)30-23)29-14-11-18(3)17-24(4,5)6/h15-16,18,25H,7-14,17H2,1-6H3/p+1. The molecular formula is C24H41N4OS+. The number of rotatable bonds is 13. The predicted octanol–water partition coefficient (Wildman–Crippen LogP) is 6.39. The second-order valence-electron chi connectivity index (χ2n) is 9.61. The number of nitrogens with two attached hydrogens (primary N) is 1. The van der Waals surface area contributed by atoms with Crippen LogP contribution in [0.5, 0.6) is 5.75 Å². The van der Waals surface area contributed by atoms with E-state index in [2.05, 4.69) is 51.6 Å². The molecule has 0 aliphatic heterocycles. The van der Waals surface area contributed by atoms with Gasteiger partial charge in [0.25, 0.3) is 0 Å². The van der Waals surface area contributed by atoms with Crippen molar-refractivity contribution < 1.29 is 10.3 Å². The number of aromatic nitrogens is 1. The summed E-state index contributed by atoms with van der Waals surface area (Å²) in [4.78, 5) is 7.35. The lowest BCUT2D eigenvalue weighted by Gasteiger charge is -2.23. The van der Waals surface area contributed by atoms with Crippen molar-refractivity contribution in [1.82, 2.24) is 4.98 Å². The van der Waals surface area contributed by atoms with Crippen LogP contribution in [-0.4, -0.2) is 24.7 Å². The Kier molecular flexibility index (Phi) is 9.53. The molecule has 0 spiro atoms. The zero-order valence-corrected chi connectivity index (χ0v) is 20.6. The number of nitrogens with zero attached hydrogens (tertiary/aromatic N) is 3. The molecule has 0 saturated carbocycles. The largest absolute Gasteiger partial charge is 0.491 e. The summed E-state index contributed by atoms with van der Waals surface area (Å²) in [6, 6.07) is 4.02. The first-order valence-electron chi connectivity index (χ1n) is 11.5. The van der Waals surface area contributed by atoms with Crippen molar-refractivity contribution in [3.05, 3.63) is 12.1 Å². The third-order valence-electron chi connectivity index (χ3n) is 5.26. The summed E-state index contributed by atoms with van der Waals surface area (Å²) in [6.45, 7) is 16.4. The maximum Gasteiger partial charge on any atom is 0.186 e. The number of unbranched alkanes of at least 4 members (excludes halogenated alkanes) is 2. The molecule has 1 aromatic heterocycles. The van der Waals surface area contributed by atoms with Crippen molar-refractivity contribution >= 4 is 32.4 Å². The van der Waals surface area contributed by atoms with E-state index in [0.29, 0.717) is 23.6 Å². The van der Waals surface area contributed by atoms with Crippen LogP contribution in [-0.2, 0) is 0 Å². The Labute approximate surface area is 186 Å². The van der Waals surface area contributed by atoms with Crippen LogP contribution in [0.15, 0.2) is 17.2 Å². The van der Waals surface area contributed by atoms with Crippen LogP contribution in [0, 0.1) is 11.3 Å². The van der Waals surface area contributed by atoms with Crippen molar-refractivity contribution in [2.45, 2.75) is 80.1 Å². The van der Waals surface area contributed by atoms with E-state index in [-0.39, 0.29) is 0 Å². The number of benzene rings is 1. The summed E-state index contributed by atoms with van der Waals surface area (Å²) < 4.78 is 7.21. The molecule has 1 aromatic carbocycles. The van der Waals surface area contributed by atoms with Crippen molar-refractivity contribution in [3.63, 3.8) is 0 Å². The second kappa shape index (κ2) is 11.6. The van der Waals surface area contributed by atoms with Gasteiger partial charge in [-0.25, -0.2) is 4.98 Å². The molecule has 0 radical (unpaired) electrons. The molecule has 2 N–H and O–H groups in total. The van der Waals surface area contributed by atoms with Crippen LogP contribution < -0.4 is 15.2 Å². The molecule has 0 aliphatic carbocycles. The summed E-state index contributed by atoms with van der Waals surface area (Å²) in [5.74, 6) is 1.35. The molecule has 168 valence electrons. The van der Waals surface area contributed by atoms with Gasteiger partial charge in [-0.2, -0.15) is 5.53 Å². The summed E-state index contributed by atoms with van der Waals surface area (Å²) in [5.41, 5.74) is 7.69. The summed E-state index contributed by atoms with van der Waals surface area (Å²) in [6.07, 6.45) is 6.95. The maximum absolute atomic E-state index is 6.10. The monoisotopic (exact) mass is 433 g/mol. The Balaban J connectivity index is 2.14. The Morgan fingerprint density at radius 3 is 2.40 bits per heavy atom. The van der Waals surface area contributed by atoms with Crippen molar-refractivity contribution in [3.8, 4) is 5.75 Å². The van der Waals surface area contributed by atoms with Crippen molar-refractivity contribution in [1.29, 1.82) is 0 Å². The van der Waals surface area contributed by atoms with Crippen LogP contribution in [0.3, 0.4) is 0 Å². The predicted molar refractivity (Wildman–Crippen MR) is 129 cm³/mol. The minimum Gasteiger partial charge on any atom is -0.491 e. The van der Waals surface area contributed by atoms with Crippen LogP contribution in [0.4, 0.5) is 10.8 Å². The molecule has 0 saturated heterocycles. The van der Waals surface area contributed by atoms with E-state index in [1.54, 1.807) is 11.3 Å². The average Bonchev–Trinajstić information content (AvgIpc) is 3.08. The van der Waals surface area contributed by atoms with E-state index < -0.39 is 0 Å². The van der Waals surface area contributed by atoms with Crippen molar-refractivity contribution in [2.75, 3.05) is 24.6 Å². The van der Waals surface area contributed by atoms with E-state index in [9.17, 15) is 0 Å². The van der Waals surface area contributed by atoms with Gasteiger partial charge in [-0.3, -0.25) is 0 Å². The van der Waals surface area contributed by atoms with Gasteiger partial charge in [0.05, 0.1) is 16.8 Å². The van der Waals surface area contributed by atoms with Gasteiger partial charge in [0.15, 0.2) is 16.6 Å². The van der Waals surface area contributed by atoms with E-state index in [4.69, 9.17) is 15.3 Å². The highest BCUT2D eigenvalue weighted by molar-refractivity contribution is 7.22. The first-order valence-corrected chi connectivity index (χ1v) is 12.3. The maximum atomic E-state index is 6.10. The molecule has 6 heteroatoms. The number of fused-ring (bicyclic) bond motifs is 1. The van der Waals surface area contributed by atoms with Gasteiger partial charge in [-0.05, 0) is 48.2 Å². The lowest BCUT2D eigenvalue weighted by molar-refractivity contribution is -0.210. The molecule has 1 unspecified atom stereocenters. The zero-order chi connectivity index (χ0) is 22.1. The minimum atomic E-state index is 0.342. The highest BCUT2D eigenvalue weighted by Gasteiger charge is 2.17. The van der Waals surface area contributed by atoms with Crippen molar-refractivity contribution in [2.24, 2.45) is 16.4 Å². The third kappa shape index (κ3) is 7.53. The average molecular weight is 434 g/mol. The summed E-state index contributed by atoms with van der Waals surface area (Å²) in [7, 11) is 0. The fourth-order valence-electron chi connectivity index (χ4n) is 3.80. The number of anilines is 1. The SMILES string of the molecule is CCCCN(CCCC)c1nc2cc(OCCC(C)CC(C)(C)C)c(N=[NH2+])cc2s1. The van der Waals surface area contributed by atoms with Gasteiger partial charge in [0.1, 0.15) is 0 Å². The molecule has 0 fully saturated rings. The zero-order valence-electron chi connectivity index (χ0n) is 19.8. The number of hydrogen-bond donors (Lipinski definition) is 1. The summed E-state index contributed by atoms with van der Waals surface area (Å²) in [5, 5.41) is 5.06. The van der Waals surface area contributed by atoms with Gasteiger partial charge in [-0.1, -0.05) is 65.7 Å². The molecule has 5 nitrogen and oxygen atoms in total. The van der Waals surface area contributed by atoms with Crippen LogP contribution in [0.1, 0.15) is 80.1 Å². The van der Waals surface area contributed by atoms with Gasteiger partial charge in [0, 0.05) is 19.2 Å². The molecule has 0 bridgehead atoms. The van der Waals surface area contributed by atoms with Gasteiger partial charge >= 0.3 is 0 Å². The first-order chi connectivity index (χ1) is 14.3.